The van der Waals surface area contributed by atoms with Gasteiger partial charge in [-0.2, -0.15) is 0 Å². The van der Waals surface area contributed by atoms with Crippen LogP contribution in [0, 0.1) is 6.92 Å². The molecular weight excluding hydrogens is 250 g/mol. The average molecular weight is 264 g/mol. The summed E-state index contributed by atoms with van der Waals surface area (Å²) in [6, 6.07) is 6.33. The fourth-order valence-electron chi connectivity index (χ4n) is 1.77. The minimum atomic E-state index is 1.07. The molecule has 2 aromatic rings. The number of aromatic amines is 1. The number of aromatic nitrogens is 1. The van der Waals surface area contributed by atoms with Gasteiger partial charge in [-0.05, 0) is 31.5 Å². The first-order chi connectivity index (χ1) is 7.22. The lowest BCUT2D eigenvalue weighted by molar-refractivity contribution is 1.23. The molecule has 0 fully saturated rings. The fourth-order valence-corrected chi connectivity index (χ4v) is 2.13. The van der Waals surface area contributed by atoms with Gasteiger partial charge in [0.2, 0.25) is 0 Å². The summed E-state index contributed by atoms with van der Waals surface area (Å²) in [5.41, 5.74) is 3.73. The summed E-state index contributed by atoms with van der Waals surface area (Å²) in [5, 5.41) is 1.28. The largest absolute Gasteiger partial charge is 0.358 e. The molecule has 1 heterocycles. The van der Waals surface area contributed by atoms with E-state index in [0.717, 1.165) is 10.9 Å². The van der Waals surface area contributed by atoms with Crippen molar-refractivity contribution in [2.24, 2.45) is 0 Å². The van der Waals surface area contributed by atoms with Crippen LogP contribution in [0.25, 0.3) is 17.0 Å². The van der Waals surface area contributed by atoms with Crippen molar-refractivity contribution in [1.82, 2.24) is 4.98 Å². The van der Waals surface area contributed by atoms with E-state index in [2.05, 4.69) is 65.1 Å². The van der Waals surface area contributed by atoms with Gasteiger partial charge in [-0.15, -0.1) is 0 Å². The van der Waals surface area contributed by atoms with Gasteiger partial charge in [0.1, 0.15) is 0 Å². The predicted octanol–water partition coefficient (Wildman–Crippen LogP) is 4.66. The normalized spacial score (nSPS) is 11.7. The van der Waals surface area contributed by atoms with Crippen LogP contribution in [0.4, 0.5) is 0 Å². The molecule has 0 saturated heterocycles. The van der Waals surface area contributed by atoms with Gasteiger partial charge in [0.15, 0.2) is 0 Å². The smallest absolute Gasteiger partial charge is 0.0463 e. The molecule has 0 radical (unpaired) electrons. The van der Waals surface area contributed by atoms with Gasteiger partial charge in [0.05, 0.1) is 0 Å². The Morgan fingerprint density at radius 3 is 2.93 bits per heavy atom. The summed E-state index contributed by atoms with van der Waals surface area (Å²) in [6.45, 7) is 4.26. The Bertz CT molecular complexity index is 508. The third-order valence-electron chi connectivity index (χ3n) is 2.52. The zero-order valence-electron chi connectivity index (χ0n) is 8.97. The van der Waals surface area contributed by atoms with Crippen LogP contribution in [0.3, 0.4) is 0 Å². The third kappa shape index (κ3) is 2.00. The van der Waals surface area contributed by atoms with Gasteiger partial charge in [-0.3, -0.25) is 0 Å². The summed E-state index contributed by atoms with van der Waals surface area (Å²) in [5.74, 6) is 0. The average Bonchev–Trinajstić information content (AvgIpc) is 2.51. The second kappa shape index (κ2) is 4.23. The summed E-state index contributed by atoms with van der Waals surface area (Å²) in [4.78, 5) is 3.39. The second-order valence-electron chi connectivity index (χ2n) is 3.66. The monoisotopic (exact) mass is 263 g/mol. The summed E-state index contributed by atoms with van der Waals surface area (Å²) in [7, 11) is 0. The van der Waals surface area contributed by atoms with Crippen LogP contribution >= 0.6 is 15.9 Å². The molecule has 15 heavy (non-hydrogen) atoms. The molecule has 0 unspecified atom stereocenters. The maximum Gasteiger partial charge on any atom is 0.0463 e. The number of hydrogen-bond donors (Lipinski definition) is 1. The minimum absolute atomic E-state index is 1.07. The number of benzene rings is 1. The third-order valence-corrected chi connectivity index (χ3v) is 3.01. The Labute approximate surface area is 98.3 Å². The number of hydrogen-bond acceptors (Lipinski definition) is 0. The van der Waals surface area contributed by atoms with Crippen LogP contribution in [0.1, 0.15) is 24.6 Å². The van der Waals surface area contributed by atoms with Crippen molar-refractivity contribution in [3.63, 3.8) is 0 Å². The Balaban J connectivity index is 2.65. The molecule has 0 spiro atoms. The number of nitrogens with one attached hydrogen (secondary N) is 1. The summed E-state index contributed by atoms with van der Waals surface area (Å²) >= 11 is 3.51. The Hall–Kier alpha value is -1.02. The summed E-state index contributed by atoms with van der Waals surface area (Å²) in [6.07, 6.45) is 5.46. The van der Waals surface area contributed by atoms with E-state index in [-0.39, 0.29) is 0 Å². The first kappa shape index (κ1) is 10.5. The highest BCUT2D eigenvalue weighted by atomic mass is 79.9. The molecule has 0 amide bonds. The van der Waals surface area contributed by atoms with Crippen molar-refractivity contribution in [1.29, 1.82) is 0 Å². The lowest BCUT2D eigenvalue weighted by atomic mass is 10.1. The molecule has 0 bridgehead atoms. The molecule has 0 atom stereocenters. The van der Waals surface area contributed by atoms with Crippen LogP contribution in [-0.4, -0.2) is 4.98 Å². The zero-order valence-corrected chi connectivity index (χ0v) is 10.6. The van der Waals surface area contributed by atoms with Crippen LogP contribution in [0.5, 0.6) is 0 Å². The molecule has 1 nitrogen and oxygen atoms in total. The first-order valence-electron chi connectivity index (χ1n) is 5.16. The van der Waals surface area contributed by atoms with Crippen LogP contribution < -0.4 is 0 Å². The number of halogens is 1. The zero-order chi connectivity index (χ0) is 10.8. The molecule has 2 heteroatoms. The molecule has 1 aromatic heterocycles. The second-order valence-corrected chi connectivity index (χ2v) is 4.58. The van der Waals surface area contributed by atoms with E-state index < -0.39 is 0 Å². The topological polar surface area (TPSA) is 15.8 Å². The van der Waals surface area contributed by atoms with Crippen LogP contribution in [0.15, 0.2) is 28.7 Å². The lowest BCUT2D eigenvalue weighted by Gasteiger charge is -1.94. The number of fused-ring (bicyclic) bond motifs is 1. The maximum absolute atomic E-state index is 3.51. The van der Waals surface area contributed by atoms with Crippen molar-refractivity contribution in [2.75, 3.05) is 0 Å². The standard InChI is InChI=1S/C13H14BrN/c1-3-4-5-11-9(2)15-13-7-6-10(14)8-12(11)13/h4-8,15H,3H2,1-2H3/b5-4+. The Kier molecular flexibility index (Phi) is 2.96. The van der Waals surface area contributed by atoms with E-state index in [1.54, 1.807) is 0 Å². The van der Waals surface area contributed by atoms with E-state index in [1.165, 1.54) is 22.2 Å². The van der Waals surface area contributed by atoms with E-state index in [9.17, 15) is 0 Å². The van der Waals surface area contributed by atoms with Gasteiger partial charge in [0.25, 0.3) is 0 Å². The van der Waals surface area contributed by atoms with Gasteiger partial charge >= 0.3 is 0 Å². The molecule has 1 N–H and O–H groups in total. The predicted molar refractivity (Wildman–Crippen MR) is 70.1 cm³/mol. The Morgan fingerprint density at radius 2 is 2.20 bits per heavy atom. The van der Waals surface area contributed by atoms with Gasteiger partial charge in [-0.25, -0.2) is 0 Å². The van der Waals surface area contributed by atoms with Crippen molar-refractivity contribution in [3.8, 4) is 0 Å². The number of rotatable bonds is 2. The first-order valence-corrected chi connectivity index (χ1v) is 5.96. The number of H-pyrrole nitrogens is 1. The van der Waals surface area contributed by atoms with Crippen LogP contribution in [0.2, 0.25) is 0 Å². The van der Waals surface area contributed by atoms with Crippen molar-refractivity contribution in [2.45, 2.75) is 20.3 Å². The van der Waals surface area contributed by atoms with Crippen molar-refractivity contribution in [3.05, 3.63) is 40.0 Å². The highest BCUT2D eigenvalue weighted by Crippen LogP contribution is 2.26. The SMILES string of the molecule is CC/C=C/c1c(C)[nH]c2ccc(Br)cc12. The molecule has 0 aliphatic carbocycles. The molecule has 2 rings (SSSR count). The fraction of sp³-hybridized carbons (Fsp3) is 0.231. The van der Waals surface area contributed by atoms with Crippen molar-refractivity contribution >= 4 is 32.9 Å². The highest BCUT2D eigenvalue weighted by Gasteiger charge is 2.05. The van der Waals surface area contributed by atoms with Crippen molar-refractivity contribution < 1.29 is 0 Å². The Morgan fingerprint density at radius 1 is 1.40 bits per heavy atom. The van der Waals surface area contributed by atoms with E-state index in [0.29, 0.717) is 0 Å². The number of aryl methyl sites for hydroxylation is 1. The summed E-state index contributed by atoms with van der Waals surface area (Å²) < 4.78 is 1.13. The van der Waals surface area contributed by atoms with Gasteiger partial charge in [-0.1, -0.05) is 35.0 Å². The molecule has 0 aliphatic heterocycles. The maximum atomic E-state index is 3.51. The molecule has 1 aromatic carbocycles. The van der Waals surface area contributed by atoms with E-state index in [4.69, 9.17) is 0 Å². The molecule has 0 saturated carbocycles. The van der Waals surface area contributed by atoms with E-state index in [1.807, 2.05) is 0 Å². The molecule has 78 valence electrons. The van der Waals surface area contributed by atoms with Gasteiger partial charge in [0, 0.05) is 26.6 Å². The van der Waals surface area contributed by atoms with Gasteiger partial charge < -0.3 is 4.98 Å². The van der Waals surface area contributed by atoms with Crippen LogP contribution in [-0.2, 0) is 0 Å². The highest BCUT2D eigenvalue weighted by molar-refractivity contribution is 9.10. The molecule has 0 aliphatic rings. The minimum Gasteiger partial charge on any atom is -0.358 e. The quantitative estimate of drug-likeness (QED) is 0.811. The molecular formula is C13H14BrN. The lowest BCUT2D eigenvalue weighted by Crippen LogP contribution is -1.73. The van der Waals surface area contributed by atoms with E-state index >= 15 is 0 Å². The number of allylic oxidation sites excluding steroid dienone is 1.